The lowest BCUT2D eigenvalue weighted by atomic mass is 9.86. The van der Waals surface area contributed by atoms with E-state index in [-0.39, 0.29) is 5.41 Å². The van der Waals surface area contributed by atoms with E-state index >= 15 is 0 Å². The Morgan fingerprint density at radius 2 is 2.00 bits per heavy atom. The first-order valence-electron chi connectivity index (χ1n) is 7.36. The number of benzene rings is 1. The lowest BCUT2D eigenvalue weighted by molar-refractivity contribution is 0.111. The van der Waals surface area contributed by atoms with Gasteiger partial charge in [0.2, 0.25) is 0 Å². The van der Waals surface area contributed by atoms with Crippen molar-refractivity contribution in [1.29, 1.82) is 0 Å². The van der Waals surface area contributed by atoms with E-state index in [1.165, 1.54) is 11.1 Å². The SMILES string of the molecule is Cc1cc(C(C)(C)C)ccc1OC1CCNCC1C. The largest absolute Gasteiger partial charge is 0.490 e. The number of ether oxygens (including phenoxy) is 1. The van der Waals surface area contributed by atoms with E-state index in [1.54, 1.807) is 0 Å². The minimum atomic E-state index is 0.200. The molecule has 1 N–H and O–H groups in total. The van der Waals surface area contributed by atoms with E-state index in [4.69, 9.17) is 4.74 Å². The summed E-state index contributed by atoms with van der Waals surface area (Å²) in [5.41, 5.74) is 2.82. The third-order valence-electron chi connectivity index (χ3n) is 4.03. The van der Waals surface area contributed by atoms with Crippen molar-refractivity contribution in [1.82, 2.24) is 5.32 Å². The second-order valence-corrected chi connectivity index (χ2v) is 6.86. The Balaban J connectivity index is 2.13. The van der Waals surface area contributed by atoms with E-state index in [2.05, 4.69) is 58.1 Å². The first-order valence-corrected chi connectivity index (χ1v) is 7.36. The van der Waals surface area contributed by atoms with E-state index in [0.29, 0.717) is 12.0 Å². The fourth-order valence-corrected chi connectivity index (χ4v) is 2.58. The Kier molecular flexibility index (Phi) is 4.19. The number of hydrogen-bond acceptors (Lipinski definition) is 2. The lowest BCUT2D eigenvalue weighted by Crippen LogP contribution is -2.41. The molecule has 0 aromatic heterocycles. The van der Waals surface area contributed by atoms with Gasteiger partial charge in [-0.05, 0) is 42.5 Å². The molecule has 19 heavy (non-hydrogen) atoms. The van der Waals surface area contributed by atoms with Gasteiger partial charge in [0, 0.05) is 12.5 Å². The van der Waals surface area contributed by atoms with Gasteiger partial charge < -0.3 is 10.1 Å². The quantitative estimate of drug-likeness (QED) is 0.877. The van der Waals surface area contributed by atoms with Crippen LogP contribution in [-0.4, -0.2) is 19.2 Å². The van der Waals surface area contributed by atoms with Crippen molar-refractivity contribution in [2.45, 2.75) is 52.6 Å². The van der Waals surface area contributed by atoms with Crippen molar-refractivity contribution in [3.63, 3.8) is 0 Å². The minimum Gasteiger partial charge on any atom is -0.490 e. The van der Waals surface area contributed by atoms with Crippen LogP contribution in [-0.2, 0) is 5.41 Å². The van der Waals surface area contributed by atoms with Gasteiger partial charge in [-0.1, -0.05) is 39.8 Å². The Labute approximate surface area is 117 Å². The monoisotopic (exact) mass is 261 g/mol. The third-order valence-corrected chi connectivity index (χ3v) is 4.03. The van der Waals surface area contributed by atoms with Gasteiger partial charge in [-0.15, -0.1) is 0 Å². The zero-order valence-electron chi connectivity index (χ0n) is 12.9. The number of aryl methyl sites for hydroxylation is 1. The third kappa shape index (κ3) is 3.50. The maximum absolute atomic E-state index is 6.23. The normalized spacial score (nSPS) is 24.3. The number of rotatable bonds is 2. The molecule has 106 valence electrons. The minimum absolute atomic E-state index is 0.200. The highest BCUT2D eigenvalue weighted by molar-refractivity contribution is 5.38. The van der Waals surface area contributed by atoms with E-state index < -0.39 is 0 Å². The highest BCUT2D eigenvalue weighted by atomic mass is 16.5. The topological polar surface area (TPSA) is 21.3 Å². The molecule has 2 nitrogen and oxygen atoms in total. The molecular weight excluding hydrogens is 234 g/mol. The van der Waals surface area contributed by atoms with E-state index in [9.17, 15) is 0 Å². The molecule has 1 heterocycles. The summed E-state index contributed by atoms with van der Waals surface area (Å²) in [4.78, 5) is 0. The summed E-state index contributed by atoms with van der Waals surface area (Å²) < 4.78 is 6.23. The van der Waals surface area contributed by atoms with Gasteiger partial charge in [0.25, 0.3) is 0 Å². The smallest absolute Gasteiger partial charge is 0.122 e. The maximum Gasteiger partial charge on any atom is 0.122 e. The molecule has 0 saturated carbocycles. The highest BCUT2D eigenvalue weighted by Gasteiger charge is 2.23. The van der Waals surface area contributed by atoms with Gasteiger partial charge in [0.05, 0.1) is 0 Å². The fourth-order valence-electron chi connectivity index (χ4n) is 2.58. The first-order chi connectivity index (χ1) is 8.88. The number of hydrogen-bond donors (Lipinski definition) is 1. The van der Waals surface area contributed by atoms with Crippen LogP contribution in [0.5, 0.6) is 5.75 Å². The first kappa shape index (κ1) is 14.4. The van der Waals surface area contributed by atoms with Crippen LogP contribution in [0, 0.1) is 12.8 Å². The van der Waals surface area contributed by atoms with Crippen LogP contribution in [0.3, 0.4) is 0 Å². The van der Waals surface area contributed by atoms with Crippen molar-refractivity contribution in [2.24, 2.45) is 5.92 Å². The Morgan fingerprint density at radius 1 is 1.26 bits per heavy atom. The van der Waals surface area contributed by atoms with Crippen LogP contribution in [0.2, 0.25) is 0 Å². The zero-order chi connectivity index (χ0) is 14.0. The molecular formula is C17H27NO. The average Bonchev–Trinajstić information content (AvgIpc) is 2.33. The molecule has 2 unspecified atom stereocenters. The van der Waals surface area contributed by atoms with Crippen LogP contribution in [0.1, 0.15) is 45.2 Å². The van der Waals surface area contributed by atoms with Crippen molar-refractivity contribution >= 4 is 0 Å². The lowest BCUT2D eigenvalue weighted by Gasteiger charge is -2.31. The summed E-state index contributed by atoms with van der Waals surface area (Å²) in [6.45, 7) is 13.3. The van der Waals surface area contributed by atoms with Crippen LogP contribution in [0.15, 0.2) is 18.2 Å². The Bertz CT molecular complexity index is 433. The predicted molar refractivity (Wildman–Crippen MR) is 80.9 cm³/mol. The van der Waals surface area contributed by atoms with Gasteiger partial charge in [0.15, 0.2) is 0 Å². The summed E-state index contributed by atoms with van der Waals surface area (Å²) in [6, 6.07) is 6.61. The van der Waals surface area contributed by atoms with Crippen LogP contribution in [0.4, 0.5) is 0 Å². The van der Waals surface area contributed by atoms with Crippen molar-refractivity contribution in [3.8, 4) is 5.75 Å². The summed E-state index contributed by atoms with van der Waals surface area (Å²) >= 11 is 0. The molecule has 1 aromatic carbocycles. The number of piperidine rings is 1. The van der Waals surface area contributed by atoms with Gasteiger partial charge in [-0.2, -0.15) is 0 Å². The molecule has 0 bridgehead atoms. The molecule has 2 heteroatoms. The van der Waals surface area contributed by atoms with Crippen molar-refractivity contribution in [3.05, 3.63) is 29.3 Å². The molecule has 1 saturated heterocycles. The van der Waals surface area contributed by atoms with E-state index in [1.807, 2.05) is 0 Å². The highest BCUT2D eigenvalue weighted by Crippen LogP contribution is 2.29. The maximum atomic E-state index is 6.23. The molecule has 0 amide bonds. The molecule has 0 spiro atoms. The predicted octanol–water partition coefficient (Wildman–Crippen LogP) is 3.67. The van der Waals surface area contributed by atoms with Crippen LogP contribution >= 0.6 is 0 Å². The average molecular weight is 261 g/mol. The second-order valence-electron chi connectivity index (χ2n) is 6.86. The molecule has 1 fully saturated rings. The Morgan fingerprint density at radius 3 is 2.58 bits per heavy atom. The molecule has 2 rings (SSSR count). The van der Waals surface area contributed by atoms with Gasteiger partial charge >= 0.3 is 0 Å². The summed E-state index contributed by atoms with van der Waals surface area (Å²) in [5.74, 6) is 1.63. The Hall–Kier alpha value is -1.02. The standard InChI is InChI=1S/C17H27NO/c1-12-10-14(17(3,4)5)6-7-15(12)19-16-8-9-18-11-13(16)2/h6-7,10,13,16,18H,8-9,11H2,1-5H3. The van der Waals surface area contributed by atoms with Crippen LogP contribution in [0.25, 0.3) is 0 Å². The summed E-state index contributed by atoms with van der Waals surface area (Å²) in [6.07, 6.45) is 1.45. The molecule has 0 radical (unpaired) electrons. The van der Waals surface area contributed by atoms with E-state index in [0.717, 1.165) is 25.3 Å². The van der Waals surface area contributed by atoms with Gasteiger partial charge in [0.1, 0.15) is 11.9 Å². The molecule has 1 aliphatic heterocycles. The summed E-state index contributed by atoms with van der Waals surface area (Å²) in [7, 11) is 0. The number of nitrogens with one attached hydrogen (secondary N) is 1. The van der Waals surface area contributed by atoms with Crippen molar-refractivity contribution < 1.29 is 4.74 Å². The molecule has 1 aromatic rings. The molecule has 0 aliphatic carbocycles. The van der Waals surface area contributed by atoms with Crippen LogP contribution < -0.4 is 10.1 Å². The molecule has 2 atom stereocenters. The fraction of sp³-hybridized carbons (Fsp3) is 0.647. The second kappa shape index (κ2) is 5.54. The van der Waals surface area contributed by atoms with Crippen molar-refractivity contribution in [2.75, 3.05) is 13.1 Å². The van der Waals surface area contributed by atoms with Gasteiger partial charge in [-0.25, -0.2) is 0 Å². The van der Waals surface area contributed by atoms with Gasteiger partial charge in [-0.3, -0.25) is 0 Å². The zero-order valence-corrected chi connectivity index (χ0v) is 12.9. The molecule has 1 aliphatic rings. The summed E-state index contributed by atoms with van der Waals surface area (Å²) in [5, 5.41) is 3.41.